The van der Waals surface area contributed by atoms with E-state index >= 15 is 0 Å². The molecule has 0 aliphatic carbocycles. The van der Waals surface area contributed by atoms with Gasteiger partial charge in [-0.15, -0.1) is 12.4 Å². The molecule has 18 heavy (non-hydrogen) atoms. The standard InChI is InChI=1S/C12H20N4O.ClH/c1-8-7-11(15(4)14-8)12(17)16-6-5-13-9(2)10(16)3;/h7,9-10,13H,5-6H2,1-4H3;1H. The maximum absolute atomic E-state index is 12.4. The van der Waals surface area contributed by atoms with Gasteiger partial charge in [0.25, 0.3) is 5.91 Å². The predicted octanol–water partition coefficient (Wildman–Crippen LogP) is 0.973. The maximum Gasteiger partial charge on any atom is 0.272 e. The van der Waals surface area contributed by atoms with Crippen LogP contribution in [0.15, 0.2) is 6.07 Å². The molecule has 0 saturated carbocycles. The lowest BCUT2D eigenvalue weighted by atomic mass is 10.1. The number of nitrogens with zero attached hydrogens (tertiary/aromatic N) is 3. The van der Waals surface area contributed by atoms with Crippen LogP contribution in [0.3, 0.4) is 0 Å². The Morgan fingerprint density at radius 2 is 2.17 bits per heavy atom. The summed E-state index contributed by atoms with van der Waals surface area (Å²) >= 11 is 0. The number of halogens is 1. The van der Waals surface area contributed by atoms with E-state index in [1.54, 1.807) is 4.68 Å². The Morgan fingerprint density at radius 3 is 2.72 bits per heavy atom. The minimum absolute atomic E-state index is 0. The van der Waals surface area contributed by atoms with Gasteiger partial charge in [0.1, 0.15) is 5.69 Å². The summed E-state index contributed by atoms with van der Waals surface area (Å²) in [6.45, 7) is 7.71. The molecule has 2 unspecified atom stereocenters. The quantitative estimate of drug-likeness (QED) is 0.829. The van der Waals surface area contributed by atoms with Gasteiger partial charge in [-0.25, -0.2) is 0 Å². The van der Waals surface area contributed by atoms with E-state index in [-0.39, 0.29) is 24.4 Å². The molecule has 5 nitrogen and oxygen atoms in total. The highest BCUT2D eigenvalue weighted by molar-refractivity contribution is 5.93. The lowest BCUT2D eigenvalue weighted by Gasteiger charge is -2.38. The van der Waals surface area contributed by atoms with Crippen molar-refractivity contribution in [1.29, 1.82) is 0 Å². The fourth-order valence-corrected chi connectivity index (χ4v) is 2.30. The molecule has 1 aliphatic rings. The first-order valence-corrected chi connectivity index (χ1v) is 6.05. The van der Waals surface area contributed by atoms with Gasteiger partial charge in [-0.05, 0) is 26.8 Å². The number of carbonyl (C=O) groups excluding carboxylic acids is 1. The number of aromatic nitrogens is 2. The van der Waals surface area contributed by atoms with Crippen molar-refractivity contribution in [1.82, 2.24) is 20.0 Å². The topological polar surface area (TPSA) is 50.2 Å². The van der Waals surface area contributed by atoms with Gasteiger partial charge < -0.3 is 10.2 Å². The molecule has 6 heteroatoms. The van der Waals surface area contributed by atoms with Crippen LogP contribution in [0.25, 0.3) is 0 Å². The monoisotopic (exact) mass is 272 g/mol. The first-order valence-electron chi connectivity index (χ1n) is 6.05. The van der Waals surface area contributed by atoms with Crippen molar-refractivity contribution in [3.05, 3.63) is 17.5 Å². The van der Waals surface area contributed by atoms with Crippen LogP contribution in [0, 0.1) is 6.92 Å². The average molecular weight is 273 g/mol. The molecule has 0 aromatic carbocycles. The molecule has 2 atom stereocenters. The number of piperazine rings is 1. The summed E-state index contributed by atoms with van der Waals surface area (Å²) in [6, 6.07) is 2.40. The van der Waals surface area contributed by atoms with Gasteiger partial charge in [0.15, 0.2) is 0 Å². The van der Waals surface area contributed by atoms with Crippen LogP contribution in [0.1, 0.15) is 30.0 Å². The molecule has 1 aromatic heterocycles. The molecule has 1 fully saturated rings. The molecule has 0 spiro atoms. The number of amides is 1. The van der Waals surface area contributed by atoms with Crippen molar-refractivity contribution in [3.63, 3.8) is 0 Å². The molecule has 0 bridgehead atoms. The Kier molecular flexibility index (Phi) is 4.76. The molecule has 0 radical (unpaired) electrons. The largest absolute Gasteiger partial charge is 0.332 e. The highest BCUT2D eigenvalue weighted by atomic mass is 35.5. The van der Waals surface area contributed by atoms with Crippen molar-refractivity contribution in [2.45, 2.75) is 32.9 Å². The Hall–Kier alpha value is -1.07. The van der Waals surface area contributed by atoms with E-state index in [9.17, 15) is 4.79 Å². The SMILES string of the molecule is Cc1cc(C(=O)N2CCNC(C)C2C)n(C)n1.Cl. The minimum Gasteiger partial charge on any atom is -0.332 e. The van der Waals surface area contributed by atoms with Crippen LogP contribution in [-0.2, 0) is 7.05 Å². The number of rotatable bonds is 1. The van der Waals surface area contributed by atoms with Gasteiger partial charge in [-0.1, -0.05) is 0 Å². The first kappa shape index (κ1) is 15.0. The van der Waals surface area contributed by atoms with Gasteiger partial charge in [0, 0.05) is 32.2 Å². The van der Waals surface area contributed by atoms with E-state index in [0.29, 0.717) is 11.7 Å². The fraction of sp³-hybridized carbons (Fsp3) is 0.667. The van der Waals surface area contributed by atoms with E-state index in [0.717, 1.165) is 18.8 Å². The third-order valence-electron chi connectivity index (χ3n) is 3.52. The van der Waals surface area contributed by atoms with E-state index < -0.39 is 0 Å². The molecule has 1 saturated heterocycles. The van der Waals surface area contributed by atoms with Crippen LogP contribution in [0.4, 0.5) is 0 Å². The third kappa shape index (κ3) is 2.67. The number of carbonyl (C=O) groups is 1. The van der Waals surface area contributed by atoms with Crippen LogP contribution >= 0.6 is 12.4 Å². The Labute approximate surface area is 114 Å². The van der Waals surface area contributed by atoms with E-state index in [1.807, 2.05) is 24.9 Å². The lowest BCUT2D eigenvalue weighted by molar-refractivity contribution is 0.0591. The van der Waals surface area contributed by atoms with Crippen LogP contribution in [-0.4, -0.2) is 45.8 Å². The Balaban J connectivity index is 0.00000162. The molecular weight excluding hydrogens is 252 g/mol. The minimum atomic E-state index is 0. The summed E-state index contributed by atoms with van der Waals surface area (Å²) in [6.07, 6.45) is 0. The first-order chi connectivity index (χ1) is 8.00. The Morgan fingerprint density at radius 1 is 1.50 bits per heavy atom. The molecule has 102 valence electrons. The maximum atomic E-state index is 12.4. The molecule has 1 amide bonds. The second-order valence-electron chi connectivity index (χ2n) is 4.78. The average Bonchev–Trinajstić information content (AvgIpc) is 2.61. The summed E-state index contributed by atoms with van der Waals surface area (Å²) in [5.74, 6) is 0.0777. The van der Waals surface area contributed by atoms with E-state index in [1.165, 1.54) is 0 Å². The van der Waals surface area contributed by atoms with Crippen molar-refractivity contribution >= 4 is 18.3 Å². The predicted molar refractivity (Wildman–Crippen MR) is 73.2 cm³/mol. The summed E-state index contributed by atoms with van der Waals surface area (Å²) in [5, 5.41) is 7.60. The number of hydrogen-bond acceptors (Lipinski definition) is 3. The third-order valence-corrected chi connectivity index (χ3v) is 3.52. The molecule has 1 aromatic rings. The van der Waals surface area contributed by atoms with Crippen molar-refractivity contribution in [3.8, 4) is 0 Å². The Bertz CT molecular complexity index is 432. The number of hydrogen-bond donors (Lipinski definition) is 1. The smallest absolute Gasteiger partial charge is 0.272 e. The fourth-order valence-electron chi connectivity index (χ4n) is 2.30. The lowest BCUT2D eigenvalue weighted by Crippen LogP contribution is -2.57. The molecule has 2 rings (SSSR count). The van der Waals surface area contributed by atoms with Gasteiger partial charge in [-0.2, -0.15) is 5.10 Å². The molecular formula is C12H21ClN4O. The van der Waals surface area contributed by atoms with Crippen LogP contribution in [0.5, 0.6) is 0 Å². The summed E-state index contributed by atoms with van der Waals surface area (Å²) < 4.78 is 1.66. The van der Waals surface area contributed by atoms with Gasteiger partial charge in [0.05, 0.1) is 5.69 Å². The zero-order valence-electron chi connectivity index (χ0n) is 11.3. The summed E-state index contributed by atoms with van der Waals surface area (Å²) in [4.78, 5) is 14.4. The zero-order valence-corrected chi connectivity index (χ0v) is 12.1. The highest BCUT2D eigenvalue weighted by Crippen LogP contribution is 2.14. The van der Waals surface area contributed by atoms with Gasteiger partial charge in [0.2, 0.25) is 0 Å². The second-order valence-corrected chi connectivity index (χ2v) is 4.78. The zero-order chi connectivity index (χ0) is 12.6. The normalized spacial score (nSPS) is 23.7. The van der Waals surface area contributed by atoms with E-state index in [2.05, 4.69) is 24.3 Å². The molecule has 1 N–H and O–H groups in total. The van der Waals surface area contributed by atoms with Crippen molar-refractivity contribution in [2.24, 2.45) is 7.05 Å². The van der Waals surface area contributed by atoms with Gasteiger partial charge >= 0.3 is 0 Å². The van der Waals surface area contributed by atoms with Crippen molar-refractivity contribution in [2.75, 3.05) is 13.1 Å². The van der Waals surface area contributed by atoms with E-state index in [4.69, 9.17) is 0 Å². The summed E-state index contributed by atoms with van der Waals surface area (Å²) in [5.41, 5.74) is 1.55. The second kappa shape index (κ2) is 5.71. The van der Waals surface area contributed by atoms with Crippen LogP contribution < -0.4 is 5.32 Å². The van der Waals surface area contributed by atoms with Crippen molar-refractivity contribution < 1.29 is 4.79 Å². The van der Waals surface area contributed by atoms with Gasteiger partial charge in [-0.3, -0.25) is 9.48 Å². The summed E-state index contributed by atoms with van der Waals surface area (Å²) in [7, 11) is 1.82. The molecule has 2 heterocycles. The highest BCUT2D eigenvalue weighted by Gasteiger charge is 2.30. The number of nitrogens with one attached hydrogen (secondary N) is 1. The molecule has 1 aliphatic heterocycles. The number of aryl methyl sites for hydroxylation is 2. The van der Waals surface area contributed by atoms with Crippen LogP contribution in [0.2, 0.25) is 0 Å².